The summed E-state index contributed by atoms with van der Waals surface area (Å²) < 4.78 is 5.09. The number of pyridine rings is 1. The molecule has 11 nitrogen and oxygen atoms in total. The van der Waals surface area contributed by atoms with Crippen molar-refractivity contribution in [2.45, 2.75) is 19.5 Å². The summed E-state index contributed by atoms with van der Waals surface area (Å²) in [7, 11) is 3.19. The molecular weight excluding hydrogens is 344 g/mol. The molecule has 0 radical (unpaired) electrons. The van der Waals surface area contributed by atoms with Gasteiger partial charge >= 0.3 is 5.69 Å². The minimum atomic E-state index is -0.591. The predicted octanol–water partition coefficient (Wildman–Crippen LogP) is -0.406. The first-order chi connectivity index (χ1) is 12.3. The second-order valence-corrected chi connectivity index (χ2v) is 5.86. The minimum absolute atomic E-state index is 0.0712. The van der Waals surface area contributed by atoms with Crippen LogP contribution in [0.15, 0.2) is 39.0 Å². The molecule has 0 N–H and O–H groups in total. The largest absolute Gasteiger partial charge is 0.332 e. The molecule has 0 aromatic carbocycles. The molecule has 0 bridgehead atoms. The highest BCUT2D eigenvalue weighted by Crippen LogP contribution is 2.07. The Morgan fingerprint density at radius 3 is 2.58 bits per heavy atom. The van der Waals surface area contributed by atoms with Crippen LogP contribution in [0.2, 0.25) is 0 Å². The number of hydrogen-bond donors (Lipinski definition) is 0. The lowest BCUT2D eigenvalue weighted by atomic mass is 10.3. The molecule has 3 rings (SSSR count). The molecule has 0 fully saturated rings. The zero-order valence-electron chi connectivity index (χ0n) is 14.2. The van der Waals surface area contributed by atoms with Crippen molar-refractivity contribution in [1.29, 1.82) is 0 Å². The molecule has 3 aromatic heterocycles. The van der Waals surface area contributed by atoms with E-state index in [0.717, 1.165) is 22.9 Å². The zero-order chi connectivity index (χ0) is 19.0. The van der Waals surface area contributed by atoms with Gasteiger partial charge in [-0.1, -0.05) is 0 Å². The van der Waals surface area contributed by atoms with Crippen LogP contribution < -0.4 is 16.8 Å². The molecule has 0 aliphatic carbocycles. The fraction of sp³-hybridized carbons (Fsp3) is 0.333. The van der Waals surface area contributed by atoms with E-state index in [1.807, 2.05) is 0 Å². The Hall–Kier alpha value is -3.50. The SMILES string of the molecule is Cn1cnc2c1c(=O)n(CCCn1cc([N+](=O)[O-])ccc1=O)c(=O)n2C. The van der Waals surface area contributed by atoms with Gasteiger partial charge in [-0.3, -0.25) is 28.8 Å². The normalized spacial score (nSPS) is 11.2. The highest BCUT2D eigenvalue weighted by Gasteiger charge is 2.15. The molecule has 0 saturated carbocycles. The Bertz CT molecular complexity index is 1180. The lowest BCUT2D eigenvalue weighted by molar-refractivity contribution is -0.385. The summed E-state index contributed by atoms with van der Waals surface area (Å²) in [6.45, 7) is 0.210. The summed E-state index contributed by atoms with van der Waals surface area (Å²) >= 11 is 0. The monoisotopic (exact) mass is 360 g/mol. The molecule has 0 aliphatic heterocycles. The third-order valence-electron chi connectivity index (χ3n) is 4.16. The van der Waals surface area contributed by atoms with Gasteiger partial charge in [-0.15, -0.1) is 0 Å². The number of fused-ring (bicyclic) bond motifs is 1. The number of rotatable bonds is 5. The van der Waals surface area contributed by atoms with E-state index in [2.05, 4.69) is 4.98 Å². The third kappa shape index (κ3) is 2.83. The van der Waals surface area contributed by atoms with Crippen molar-refractivity contribution in [3.63, 3.8) is 0 Å². The van der Waals surface area contributed by atoms with Gasteiger partial charge in [0.05, 0.1) is 17.4 Å². The van der Waals surface area contributed by atoms with Crippen LogP contribution in [0, 0.1) is 10.1 Å². The highest BCUT2D eigenvalue weighted by molar-refractivity contribution is 5.69. The first-order valence-corrected chi connectivity index (χ1v) is 7.77. The van der Waals surface area contributed by atoms with Gasteiger partial charge in [0.1, 0.15) is 0 Å². The van der Waals surface area contributed by atoms with Crippen molar-refractivity contribution >= 4 is 16.9 Å². The zero-order valence-corrected chi connectivity index (χ0v) is 14.2. The lowest BCUT2D eigenvalue weighted by Gasteiger charge is -2.09. The molecule has 0 saturated heterocycles. The Morgan fingerprint density at radius 1 is 1.15 bits per heavy atom. The maximum absolute atomic E-state index is 12.6. The average Bonchev–Trinajstić information content (AvgIpc) is 2.99. The van der Waals surface area contributed by atoms with Crippen molar-refractivity contribution in [3.8, 4) is 0 Å². The average molecular weight is 360 g/mol. The van der Waals surface area contributed by atoms with E-state index in [0.29, 0.717) is 11.2 Å². The summed E-state index contributed by atoms with van der Waals surface area (Å²) in [6, 6.07) is 2.25. The van der Waals surface area contributed by atoms with E-state index in [1.165, 1.54) is 22.5 Å². The standard InChI is InChI=1S/C15H16N6O5/c1-17-9-16-13-12(17)14(23)20(15(24)18(13)2)7-3-6-19-8-10(21(25)26)4-5-11(19)22/h4-5,8-9H,3,6-7H2,1-2H3. The number of nitrogens with zero attached hydrogens (tertiary/aromatic N) is 6. The van der Waals surface area contributed by atoms with Gasteiger partial charge in [0.15, 0.2) is 11.2 Å². The Kier molecular flexibility index (Phi) is 4.28. The summed E-state index contributed by atoms with van der Waals surface area (Å²) in [6.07, 6.45) is 2.88. The molecule has 136 valence electrons. The number of imidazole rings is 1. The van der Waals surface area contributed by atoms with Gasteiger partial charge in [-0.05, 0) is 6.42 Å². The molecular formula is C15H16N6O5. The van der Waals surface area contributed by atoms with Crippen LogP contribution in [-0.2, 0) is 27.2 Å². The molecule has 26 heavy (non-hydrogen) atoms. The van der Waals surface area contributed by atoms with E-state index in [9.17, 15) is 24.5 Å². The summed E-state index contributed by atoms with van der Waals surface area (Å²) in [5.41, 5.74) is -0.956. The maximum atomic E-state index is 12.6. The van der Waals surface area contributed by atoms with Crippen LogP contribution in [0.1, 0.15) is 6.42 Å². The second-order valence-electron chi connectivity index (χ2n) is 5.86. The highest BCUT2D eigenvalue weighted by atomic mass is 16.6. The second kappa shape index (κ2) is 6.43. The third-order valence-corrected chi connectivity index (χ3v) is 4.16. The van der Waals surface area contributed by atoms with Crippen LogP contribution in [0.5, 0.6) is 0 Å². The molecule has 0 aliphatic rings. The molecule has 0 spiro atoms. The van der Waals surface area contributed by atoms with Gasteiger partial charge in [0.2, 0.25) is 0 Å². The summed E-state index contributed by atoms with van der Waals surface area (Å²) in [5, 5.41) is 10.8. The van der Waals surface area contributed by atoms with Crippen molar-refractivity contribution in [2.24, 2.45) is 14.1 Å². The van der Waals surface area contributed by atoms with Crippen molar-refractivity contribution in [3.05, 3.63) is 66.0 Å². The fourth-order valence-corrected chi connectivity index (χ4v) is 2.79. The molecule has 0 atom stereocenters. The van der Waals surface area contributed by atoms with Crippen molar-refractivity contribution < 1.29 is 4.92 Å². The van der Waals surface area contributed by atoms with Crippen molar-refractivity contribution in [1.82, 2.24) is 23.3 Å². The number of aromatic nitrogens is 5. The predicted molar refractivity (Wildman–Crippen MR) is 92.2 cm³/mol. The molecule has 11 heteroatoms. The van der Waals surface area contributed by atoms with Crippen LogP contribution in [0.25, 0.3) is 11.2 Å². The van der Waals surface area contributed by atoms with Gasteiger partial charge < -0.3 is 9.13 Å². The van der Waals surface area contributed by atoms with E-state index < -0.39 is 21.7 Å². The van der Waals surface area contributed by atoms with Crippen LogP contribution >= 0.6 is 0 Å². The van der Waals surface area contributed by atoms with E-state index in [4.69, 9.17) is 0 Å². The van der Waals surface area contributed by atoms with E-state index >= 15 is 0 Å². The number of aryl methyl sites for hydroxylation is 3. The Balaban J connectivity index is 1.90. The van der Waals surface area contributed by atoms with Gasteiger partial charge in [0.25, 0.3) is 16.8 Å². The molecule has 0 unspecified atom stereocenters. The lowest BCUT2D eigenvalue weighted by Crippen LogP contribution is -2.40. The first kappa shape index (κ1) is 17.3. The Morgan fingerprint density at radius 2 is 1.88 bits per heavy atom. The summed E-state index contributed by atoms with van der Waals surface area (Å²) in [5.74, 6) is 0. The Labute approximate surface area is 145 Å². The van der Waals surface area contributed by atoms with Gasteiger partial charge in [-0.25, -0.2) is 9.78 Å². The molecule has 3 heterocycles. The topological polar surface area (TPSA) is 127 Å². The molecule has 0 amide bonds. The quantitative estimate of drug-likeness (QED) is 0.450. The van der Waals surface area contributed by atoms with Crippen molar-refractivity contribution in [2.75, 3.05) is 0 Å². The molecule has 3 aromatic rings. The maximum Gasteiger partial charge on any atom is 0.332 e. The fourth-order valence-electron chi connectivity index (χ4n) is 2.79. The van der Waals surface area contributed by atoms with Gasteiger partial charge in [-0.2, -0.15) is 0 Å². The van der Waals surface area contributed by atoms with Crippen LogP contribution in [0.3, 0.4) is 0 Å². The first-order valence-electron chi connectivity index (χ1n) is 7.77. The van der Waals surface area contributed by atoms with Crippen LogP contribution in [0.4, 0.5) is 5.69 Å². The van der Waals surface area contributed by atoms with E-state index in [1.54, 1.807) is 11.6 Å². The van der Waals surface area contributed by atoms with Crippen LogP contribution in [-0.4, -0.2) is 28.2 Å². The van der Waals surface area contributed by atoms with Gasteiger partial charge in [0, 0.05) is 39.3 Å². The minimum Gasteiger partial charge on any atom is -0.328 e. The number of nitro groups is 1. The van der Waals surface area contributed by atoms with E-state index in [-0.39, 0.29) is 25.2 Å². The number of hydrogen-bond acceptors (Lipinski definition) is 6. The summed E-state index contributed by atoms with van der Waals surface area (Å²) in [4.78, 5) is 51.0. The smallest absolute Gasteiger partial charge is 0.328 e.